The standard InChI is InChI=1S/C13H8ClFO/c14-11-3-1-2-10(7-11)12-5-4-9(8-16)6-13(12)15/h1-8H. The van der Waals surface area contributed by atoms with Crippen LogP contribution in [0.3, 0.4) is 0 Å². The van der Waals surface area contributed by atoms with E-state index in [0.29, 0.717) is 28.0 Å². The van der Waals surface area contributed by atoms with Gasteiger partial charge >= 0.3 is 0 Å². The zero-order valence-electron chi connectivity index (χ0n) is 8.28. The SMILES string of the molecule is O=Cc1ccc(-c2cccc(Cl)c2)c(F)c1. The fraction of sp³-hybridized carbons (Fsp3) is 0. The Kier molecular flexibility index (Phi) is 3.02. The van der Waals surface area contributed by atoms with Crippen LogP contribution in [0.2, 0.25) is 5.02 Å². The van der Waals surface area contributed by atoms with Crippen molar-refractivity contribution in [3.05, 3.63) is 58.9 Å². The molecule has 0 aliphatic carbocycles. The molecule has 0 saturated heterocycles. The van der Waals surface area contributed by atoms with Crippen LogP contribution in [-0.2, 0) is 0 Å². The van der Waals surface area contributed by atoms with Crippen LogP contribution in [0.4, 0.5) is 4.39 Å². The Morgan fingerprint density at radius 1 is 1.12 bits per heavy atom. The van der Waals surface area contributed by atoms with Gasteiger partial charge in [-0.1, -0.05) is 35.9 Å². The summed E-state index contributed by atoms with van der Waals surface area (Å²) in [6, 6.07) is 11.3. The van der Waals surface area contributed by atoms with E-state index < -0.39 is 5.82 Å². The first-order valence-electron chi connectivity index (χ1n) is 4.71. The minimum atomic E-state index is -0.424. The molecule has 16 heavy (non-hydrogen) atoms. The van der Waals surface area contributed by atoms with Gasteiger partial charge < -0.3 is 0 Å². The predicted molar refractivity (Wildman–Crippen MR) is 62.2 cm³/mol. The molecule has 0 saturated carbocycles. The molecule has 2 aromatic carbocycles. The number of hydrogen-bond acceptors (Lipinski definition) is 1. The second kappa shape index (κ2) is 4.45. The number of halogens is 2. The molecule has 2 aromatic rings. The third-order valence-electron chi connectivity index (χ3n) is 2.26. The van der Waals surface area contributed by atoms with E-state index in [9.17, 15) is 9.18 Å². The Bertz CT molecular complexity index is 537. The maximum Gasteiger partial charge on any atom is 0.150 e. The highest BCUT2D eigenvalue weighted by Gasteiger charge is 2.06. The quantitative estimate of drug-likeness (QED) is 0.719. The van der Waals surface area contributed by atoms with Crippen LogP contribution in [-0.4, -0.2) is 6.29 Å². The van der Waals surface area contributed by atoms with Crippen molar-refractivity contribution in [3.63, 3.8) is 0 Å². The van der Waals surface area contributed by atoms with Crippen LogP contribution in [0.5, 0.6) is 0 Å². The summed E-state index contributed by atoms with van der Waals surface area (Å²) in [6.45, 7) is 0. The first kappa shape index (κ1) is 10.8. The highest BCUT2D eigenvalue weighted by molar-refractivity contribution is 6.30. The van der Waals surface area contributed by atoms with Crippen molar-refractivity contribution >= 4 is 17.9 Å². The summed E-state index contributed by atoms with van der Waals surface area (Å²) < 4.78 is 13.7. The molecule has 2 rings (SSSR count). The maximum atomic E-state index is 13.7. The number of benzene rings is 2. The summed E-state index contributed by atoms with van der Waals surface area (Å²) in [5.41, 5.74) is 1.46. The summed E-state index contributed by atoms with van der Waals surface area (Å²) in [5.74, 6) is -0.424. The monoisotopic (exact) mass is 234 g/mol. The fourth-order valence-electron chi connectivity index (χ4n) is 1.49. The van der Waals surface area contributed by atoms with Gasteiger partial charge in [-0.25, -0.2) is 4.39 Å². The molecule has 1 nitrogen and oxygen atoms in total. The first-order valence-corrected chi connectivity index (χ1v) is 5.09. The van der Waals surface area contributed by atoms with Crippen LogP contribution in [0, 0.1) is 5.82 Å². The minimum Gasteiger partial charge on any atom is -0.298 e. The van der Waals surface area contributed by atoms with Gasteiger partial charge in [0.1, 0.15) is 12.1 Å². The molecule has 0 heterocycles. The summed E-state index contributed by atoms with van der Waals surface area (Å²) in [5, 5.41) is 0.552. The van der Waals surface area contributed by atoms with Crippen molar-refractivity contribution in [3.8, 4) is 11.1 Å². The Labute approximate surface area is 97.5 Å². The predicted octanol–water partition coefficient (Wildman–Crippen LogP) is 3.96. The second-order valence-electron chi connectivity index (χ2n) is 3.37. The van der Waals surface area contributed by atoms with Gasteiger partial charge in [0, 0.05) is 16.1 Å². The first-order chi connectivity index (χ1) is 7.70. The molecule has 0 unspecified atom stereocenters. The summed E-state index contributed by atoms with van der Waals surface area (Å²) in [7, 11) is 0. The third-order valence-corrected chi connectivity index (χ3v) is 2.50. The van der Waals surface area contributed by atoms with Crippen LogP contribution in [0.25, 0.3) is 11.1 Å². The Morgan fingerprint density at radius 3 is 2.56 bits per heavy atom. The molecular weight excluding hydrogens is 227 g/mol. The lowest BCUT2D eigenvalue weighted by atomic mass is 10.0. The highest BCUT2D eigenvalue weighted by Crippen LogP contribution is 2.25. The molecular formula is C13H8ClFO. The molecule has 80 valence electrons. The molecule has 0 radical (unpaired) electrons. The van der Waals surface area contributed by atoms with E-state index in [-0.39, 0.29) is 0 Å². The van der Waals surface area contributed by atoms with Gasteiger partial charge in [0.15, 0.2) is 0 Å². The molecule has 0 amide bonds. The van der Waals surface area contributed by atoms with Gasteiger partial charge in [0.2, 0.25) is 0 Å². The van der Waals surface area contributed by atoms with Crippen LogP contribution in [0.1, 0.15) is 10.4 Å². The van der Waals surface area contributed by atoms with E-state index >= 15 is 0 Å². The molecule has 0 N–H and O–H groups in total. The lowest BCUT2D eigenvalue weighted by Crippen LogP contribution is -1.87. The van der Waals surface area contributed by atoms with Crippen molar-refractivity contribution < 1.29 is 9.18 Å². The molecule has 0 aromatic heterocycles. The number of carbonyl (C=O) groups excluding carboxylic acids is 1. The lowest BCUT2D eigenvalue weighted by molar-refractivity contribution is 0.112. The lowest BCUT2D eigenvalue weighted by Gasteiger charge is -2.04. The Morgan fingerprint density at radius 2 is 1.94 bits per heavy atom. The van der Waals surface area contributed by atoms with Gasteiger partial charge in [0.25, 0.3) is 0 Å². The smallest absolute Gasteiger partial charge is 0.150 e. The van der Waals surface area contributed by atoms with E-state index in [1.165, 1.54) is 6.07 Å². The van der Waals surface area contributed by atoms with Gasteiger partial charge in [-0.05, 0) is 23.8 Å². The average molecular weight is 235 g/mol. The number of hydrogen-bond donors (Lipinski definition) is 0. The molecule has 0 atom stereocenters. The van der Waals surface area contributed by atoms with E-state index in [4.69, 9.17) is 11.6 Å². The molecule has 0 fully saturated rings. The van der Waals surface area contributed by atoms with E-state index in [1.54, 1.807) is 36.4 Å². The van der Waals surface area contributed by atoms with Crippen molar-refractivity contribution in [2.45, 2.75) is 0 Å². The third kappa shape index (κ3) is 2.12. The zero-order chi connectivity index (χ0) is 11.5. The molecule has 0 spiro atoms. The highest BCUT2D eigenvalue weighted by atomic mass is 35.5. The fourth-order valence-corrected chi connectivity index (χ4v) is 1.69. The largest absolute Gasteiger partial charge is 0.298 e. The van der Waals surface area contributed by atoms with Crippen molar-refractivity contribution in [2.24, 2.45) is 0 Å². The van der Waals surface area contributed by atoms with Gasteiger partial charge in [-0.15, -0.1) is 0 Å². The normalized spacial score (nSPS) is 10.1. The molecule has 0 bridgehead atoms. The Balaban J connectivity index is 2.52. The topological polar surface area (TPSA) is 17.1 Å². The van der Waals surface area contributed by atoms with Crippen molar-refractivity contribution in [2.75, 3.05) is 0 Å². The van der Waals surface area contributed by atoms with Gasteiger partial charge in [0.05, 0.1) is 0 Å². The number of rotatable bonds is 2. The van der Waals surface area contributed by atoms with Crippen LogP contribution in [0.15, 0.2) is 42.5 Å². The van der Waals surface area contributed by atoms with Crippen molar-refractivity contribution in [1.29, 1.82) is 0 Å². The van der Waals surface area contributed by atoms with Crippen LogP contribution < -0.4 is 0 Å². The van der Waals surface area contributed by atoms with E-state index in [1.807, 2.05) is 0 Å². The van der Waals surface area contributed by atoms with Crippen molar-refractivity contribution in [1.82, 2.24) is 0 Å². The molecule has 3 heteroatoms. The van der Waals surface area contributed by atoms with Gasteiger partial charge in [-0.2, -0.15) is 0 Å². The van der Waals surface area contributed by atoms with Crippen LogP contribution >= 0.6 is 11.6 Å². The van der Waals surface area contributed by atoms with E-state index in [2.05, 4.69) is 0 Å². The molecule has 0 aliphatic rings. The van der Waals surface area contributed by atoms with Gasteiger partial charge in [-0.3, -0.25) is 4.79 Å². The Hall–Kier alpha value is -1.67. The average Bonchev–Trinajstić information content (AvgIpc) is 2.28. The summed E-state index contributed by atoms with van der Waals surface area (Å²) >= 11 is 5.83. The number of carbonyl (C=O) groups is 1. The summed E-state index contributed by atoms with van der Waals surface area (Å²) in [6.07, 6.45) is 0.616. The maximum absolute atomic E-state index is 13.7. The zero-order valence-corrected chi connectivity index (χ0v) is 9.04. The summed E-state index contributed by atoms with van der Waals surface area (Å²) in [4.78, 5) is 10.5. The van der Waals surface area contributed by atoms with E-state index in [0.717, 1.165) is 0 Å². The second-order valence-corrected chi connectivity index (χ2v) is 3.80. The number of aldehydes is 1. The minimum absolute atomic E-state index is 0.322. The molecule has 0 aliphatic heterocycles.